The molecule has 3 heteroatoms. The quantitative estimate of drug-likeness (QED) is 0.748. The first kappa shape index (κ1) is 13.5. The molecule has 0 spiro atoms. The van der Waals surface area contributed by atoms with Gasteiger partial charge in [0.1, 0.15) is 0 Å². The van der Waals surface area contributed by atoms with Crippen molar-refractivity contribution in [3.63, 3.8) is 0 Å². The second-order valence-corrected chi connectivity index (χ2v) is 4.78. The molecule has 0 saturated carbocycles. The minimum absolute atomic E-state index is 0.555. The van der Waals surface area contributed by atoms with Crippen LogP contribution in [0.2, 0.25) is 5.02 Å². The molecule has 0 unspecified atom stereocenters. The Morgan fingerprint density at radius 3 is 2.62 bits per heavy atom. The average Bonchev–Trinajstić information content (AvgIpc) is 2.22. The van der Waals surface area contributed by atoms with E-state index in [-0.39, 0.29) is 0 Å². The van der Waals surface area contributed by atoms with Crippen molar-refractivity contribution in [3.8, 4) is 0 Å². The Morgan fingerprint density at radius 2 is 2.00 bits per heavy atom. The van der Waals surface area contributed by atoms with Crippen molar-refractivity contribution in [2.24, 2.45) is 0 Å². The summed E-state index contributed by atoms with van der Waals surface area (Å²) in [6, 6.07) is 6.71. The van der Waals surface area contributed by atoms with E-state index in [9.17, 15) is 0 Å². The Bertz CT molecular complexity index is 324. The van der Waals surface area contributed by atoms with E-state index in [4.69, 9.17) is 11.6 Å². The molecule has 1 aromatic rings. The lowest BCUT2D eigenvalue weighted by Crippen LogP contribution is -2.31. The van der Waals surface area contributed by atoms with Gasteiger partial charge in [0.15, 0.2) is 0 Å². The minimum atomic E-state index is 0.555. The van der Waals surface area contributed by atoms with E-state index < -0.39 is 0 Å². The molecule has 0 heterocycles. The summed E-state index contributed by atoms with van der Waals surface area (Å²) >= 11 is 5.97. The van der Waals surface area contributed by atoms with E-state index in [0.29, 0.717) is 6.04 Å². The van der Waals surface area contributed by atoms with Crippen LogP contribution in [0.5, 0.6) is 0 Å². The summed E-state index contributed by atoms with van der Waals surface area (Å²) < 4.78 is 0. The molecule has 0 fully saturated rings. The molecule has 0 radical (unpaired) electrons. The fourth-order valence-corrected chi connectivity index (χ4v) is 1.62. The van der Waals surface area contributed by atoms with Crippen LogP contribution in [0.4, 0.5) is 0 Å². The number of hydrogen-bond donors (Lipinski definition) is 2. The van der Waals surface area contributed by atoms with E-state index in [1.54, 1.807) is 0 Å². The van der Waals surface area contributed by atoms with Crippen LogP contribution in [0.15, 0.2) is 18.2 Å². The number of rotatable bonds is 6. The SMILES string of the molecule is Cc1cc(CNCCNC(C)C)ccc1Cl. The summed E-state index contributed by atoms with van der Waals surface area (Å²) in [6.07, 6.45) is 0. The van der Waals surface area contributed by atoms with Crippen LogP contribution in [0.3, 0.4) is 0 Å². The summed E-state index contributed by atoms with van der Waals surface area (Å²) in [4.78, 5) is 0. The van der Waals surface area contributed by atoms with Gasteiger partial charge in [0.05, 0.1) is 0 Å². The minimum Gasteiger partial charge on any atom is -0.313 e. The van der Waals surface area contributed by atoms with Crippen molar-refractivity contribution in [1.29, 1.82) is 0 Å². The first-order valence-electron chi connectivity index (χ1n) is 5.78. The highest BCUT2D eigenvalue weighted by Gasteiger charge is 1.97. The fourth-order valence-electron chi connectivity index (χ4n) is 1.50. The summed E-state index contributed by atoms with van der Waals surface area (Å²) in [5.41, 5.74) is 2.42. The highest BCUT2D eigenvalue weighted by atomic mass is 35.5. The van der Waals surface area contributed by atoms with Gasteiger partial charge in [0, 0.05) is 30.7 Å². The number of halogens is 1. The predicted octanol–water partition coefficient (Wildman–Crippen LogP) is 2.74. The van der Waals surface area contributed by atoms with Gasteiger partial charge in [-0.25, -0.2) is 0 Å². The Kier molecular flexibility index (Phi) is 5.81. The van der Waals surface area contributed by atoms with Crippen molar-refractivity contribution < 1.29 is 0 Å². The normalized spacial score (nSPS) is 11.1. The molecule has 0 bridgehead atoms. The molecule has 1 rings (SSSR count). The molecule has 0 aliphatic carbocycles. The Hall–Kier alpha value is -0.570. The van der Waals surface area contributed by atoms with Gasteiger partial charge in [-0.2, -0.15) is 0 Å². The largest absolute Gasteiger partial charge is 0.313 e. The molecular formula is C13H21ClN2. The molecule has 0 saturated heterocycles. The molecule has 0 aliphatic rings. The lowest BCUT2D eigenvalue weighted by molar-refractivity contribution is 0.555. The van der Waals surface area contributed by atoms with Crippen LogP contribution in [-0.4, -0.2) is 19.1 Å². The van der Waals surface area contributed by atoms with Gasteiger partial charge in [-0.05, 0) is 24.1 Å². The molecule has 0 atom stereocenters. The molecule has 1 aromatic carbocycles. The summed E-state index contributed by atoms with van der Waals surface area (Å²) in [6.45, 7) is 9.24. The van der Waals surface area contributed by atoms with Gasteiger partial charge in [-0.15, -0.1) is 0 Å². The van der Waals surface area contributed by atoms with Gasteiger partial charge >= 0.3 is 0 Å². The molecule has 16 heavy (non-hydrogen) atoms. The van der Waals surface area contributed by atoms with E-state index in [1.165, 1.54) is 5.56 Å². The predicted molar refractivity (Wildman–Crippen MR) is 71.0 cm³/mol. The van der Waals surface area contributed by atoms with E-state index >= 15 is 0 Å². The number of nitrogens with one attached hydrogen (secondary N) is 2. The third-order valence-corrected chi connectivity index (χ3v) is 2.83. The zero-order valence-corrected chi connectivity index (χ0v) is 11.1. The first-order chi connectivity index (χ1) is 7.59. The van der Waals surface area contributed by atoms with Gasteiger partial charge in [0.25, 0.3) is 0 Å². The van der Waals surface area contributed by atoms with Crippen molar-refractivity contribution >= 4 is 11.6 Å². The highest BCUT2D eigenvalue weighted by Crippen LogP contribution is 2.15. The van der Waals surface area contributed by atoms with Crippen LogP contribution < -0.4 is 10.6 Å². The van der Waals surface area contributed by atoms with Gasteiger partial charge in [-0.1, -0.05) is 37.6 Å². The third kappa shape index (κ3) is 4.97. The van der Waals surface area contributed by atoms with E-state index in [1.807, 2.05) is 13.0 Å². The molecule has 2 nitrogen and oxygen atoms in total. The number of benzene rings is 1. The zero-order valence-electron chi connectivity index (χ0n) is 10.3. The number of aryl methyl sites for hydroxylation is 1. The topological polar surface area (TPSA) is 24.1 Å². The van der Waals surface area contributed by atoms with Crippen molar-refractivity contribution in [3.05, 3.63) is 34.3 Å². The second-order valence-electron chi connectivity index (χ2n) is 4.37. The smallest absolute Gasteiger partial charge is 0.0435 e. The maximum Gasteiger partial charge on any atom is 0.0435 e. The van der Waals surface area contributed by atoms with Crippen LogP contribution in [0.1, 0.15) is 25.0 Å². The monoisotopic (exact) mass is 240 g/mol. The lowest BCUT2D eigenvalue weighted by Gasteiger charge is -2.09. The Balaban J connectivity index is 2.24. The zero-order chi connectivity index (χ0) is 12.0. The standard InChI is InChI=1S/C13H21ClN2/c1-10(2)16-7-6-15-9-12-4-5-13(14)11(3)8-12/h4-5,8,10,15-16H,6-7,9H2,1-3H3. The molecule has 90 valence electrons. The second kappa shape index (κ2) is 6.89. The van der Waals surface area contributed by atoms with Gasteiger partial charge < -0.3 is 10.6 Å². The molecule has 2 N–H and O–H groups in total. The van der Waals surface area contributed by atoms with Crippen LogP contribution in [-0.2, 0) is 6.54 Å². The molecule has 0 aliphatic heterocycles. The first-order valence-corrected chi connectivity index (χ1v) is 6.16. The Morgan fingerprint density at radius 1 is 1.25 bits per heavy atom. The maximum atomic E-state index is 5.97. The van der Waals surface area contributed by atoms with E-state index in [2.05, 4.69) is 36.6 Å². The highest BCUT2D eigenvalue weighted by molar-refractivity contribution is 6.31. The fraction of sp³-hybridized carbons (Fsp3) is 0.538. The van der Waals surface area contributed by atoms with Gasteiger partial charge in [-0.3, -0.25) is 0 Å². The molecule has 0 amide bonds. The van der Waals surface area contributed by atoms with Crippen LogP contribution in [0, 0.1) is 6.92 Å². The number of hydrogen-bond acceptors (Lipinski definition) is 2. The lowest BCUT2D eigenvalue weighted by atomic mass is 10.1. The molecular weight excluding hydrogens is 220 g/mol. The average molecular weight is 241 g/mol. The molecule has 0 aromatic heterocycles. The van der Waals surface area contributed by atoms with Crippen molar-refractivity contribution in [2.75, 3.05) is 13.1 Å². The van der Waals surface area contributed by atoms with Gasteiger partial charge in [0.2, 0.25) is 0 Å². The van der Waals surface area contributed by atoms with Crippen molar-refractivity contribution in [2.45, 2.75) is 33.4 Å². The maximum absolute atomic E-state index is 5.97. The van der Waals surface area contributed by atoms with Crippen LogP contribution in [0.25, 0.3) is 0 Å². The summed E-state index contributed by atoms with van der Waals surface area (Å²) in [5, 5.41) is 7.60. The summed E-state index contributed by atoms with van der Waals surface area (Å²) in [7, 11) is 0. The Labute approximate surface area is 103 Å². The summed E-state index contributed by atoms with van der Waals surface area (Å²) in [5.74, 6) is 0. The van der Waals surface area contributed by atoms with E-state index in [0.717, 1.165) is 30.2 Å². The third-order valence-electron chi connectivity index (χ3n) is 2.41. The van der Waals surface area contributed by atoms with Crippen LogP contribution >= 0.6 is 11.6 Å². The van der Waals surface area contributed by atoms with Crippen molar-refractivity contribution in [1.82, 2.24) is 10.6 Å².